The fourth-order valence-electron chi connectivity index (χ4n) is 2.40. The van der Waals surface area contributed by atoms with Gasteiger partial charge in [-0.15, -0.1) is 0 Å². The fraction of sp³-hybridized carbons (Fsp3) is 0.118. The Labute approximate surface area is 159 Å². The number of carbonyl (C=O) groups excluding carboxylic acids is 1. The zero-order valence-electron chi connectivity index (χ0n) is 13.3. The molecule has 2 aromatic carbocycles. The van der Waals surface area contributed by atoms with Crippen LogP contribution in [0.2, 0.25) is 5.02 Å². The minimum absolute atomic E-state index is 0.0529. The predicted molar refractivity (Wildman–Crippen MR) is 93.8 cm³/mol. The molecule has 10 heteroatoms. The number of fused-ring (bicyclic) bond motifs is 1. The number of carbonyl (C=O) groups is 2. The summed E-state index contributed by atoms with van der Waals surface area (Å²) < 4.78 is 40.4. The maximum absolute atomic E-state index is 12.8. The van der Waals surface area contributed by atoms with E-state index < -0.39 is 30.2 Å². The number of hydrogen-bond donors (Lipinski definition) is 1. The Morgan fingerprint density at radius 1 is 1.19 bits per heavy atom. The summed E-state index contributed by atoms with van der Waals surface area (Å²) in [6.45, 7) is -0.477. The number of alkyl halides is 3. The first-order valence-corrected chi connectivity index (χ1v) is 8.61. The second-order valence-corrected chi connectivity index (χ2v) is 6.92. The molecule has 1 N–H and O–H groups in total. The van der Waals surface area contributed by atoms with Crippen molar-refractivity contribution < 1.29 is 27.9 Å². The average Bonchev–Trinajstić information content (AvgIpc) is 2.90. The zero-order chi connectivity index (χ0) is 19.8. The van der Waals surface area contributed by atoms with Crippen molar-refractivity contribution in [3.05, 3.63) is 63.4 Å². The van der Waals surface area contributed by atoms with Crippen molar-refractivity contribution in [1.82, 2.24) is 4.57 Å². The van der Waals surface area contributed by atoms with E-state index in [0.29, 0.717) is 21.3 Å². The number of benzene rings is 2. The Hall–Kier alpha value is -2.65. The molecule has 3 rings (SSSR count). The molecule has 0 spiro atoms. The lowest BCUT2D eigenvalue weighted by Gasteiger charge is -2.06. The maximum atomic E-state index is 12.8. The van der Waals surface area contributed by atoms with Gasteiger partial charge in [0.2, 0.25) is 0 Å². The van der Waals surface area contributed by atoms with Crippen molar-refractivity contribution in [2.75, 3.05) is 0 Å². The highest BCUT2D eigenvalue weighted by molar-refractivity contribution is 7.16. The molecule has 0 bridgehead atoms. The molecule has 0 fully saturated rings. The molecule has 0 aliphatic rings. The lowest BCUT2D eigenvalue weighted by Crippen LogP contribution is -2.21. The Bertz CT molecular complexity index is 1120. The third kappa shape index (κ3) is 4.20. The van der Waals surface area contributed by atoms with Crippen LogP contribution >= 0.6 is 22.9 Å². The van der Waals surface area contributed by atoms with E-state index in [-0.39, 0.29) is 10.4 Å². The summed E-state index contributed by atoms with van der Waals surface area (Å²) in [6, 6.07) is 8.66. The van der Waals surface area contributed by atoms with Crippen molar-refractivity contribution >= 4 is 45.0 Å². The van der Waals surface area contributed by atoms with E-state index in [2.05, 4.69) is 4.99 Å². The SMILES string of the molecule is O=C(O)Cn1/c(=N/C(=O)c2cccc(C(F)(F)F)c2)sc2ccc(Cl)cc21. The highest BCUT2D eigenvalue weighted by Crippen LogP contribution is 2.29. The molecule has 0 aliphatic heterocycles. The van der Waals surface area contributed by atoms with Crippen molar-refractivity contribution in [3.63, 3.8) is 0 Å². The van der Waals surface area contributed by atoms with Crippen LogP contribution < -0.4 is 4.80 Å². The molecule has 140 valence electrons. The number of carboxylic acids is 1. The molecule has 0 atom stereocenters. The van der Waals surface area contributed by atoms with E-state index in [1.807, 2.05) is 0 Å². The van der Waals surface area contributed by atoms with Gasteiger partial charge in [-0.3, -0.25) is 9.59 Å². The van der Waals surface area contributed by atoms with Gasteiger partial charge >= 0.3 is 12.1 Å². The number of aliphatic carboxylic acids is 1. The van der Waals surface area contributed by atoms with Crippen LogP contribution in [0.4, 0.5) is 13.2 Å². The minimum Gasteiger partial charge on any atom is -0.480 e. The summed E-state index contributed by atoms with van der Waals surface area (Å²) in [5, 5.41) is 9.49. The highest BCUT2D eigenvalue weighted by Gasteiger charge is 2.30. The number of carboxylic acid groups (broad SMARTS) is 1. The maximum Gasteiger partial charge on any atom is 0.416 e. The molecular formula is C17H10ClF3N2O3S. The van der Waals surface area contributed by atoms with Crippen LogP contribution in [0, 0.1) is 0 Å². The van der Waals surface area contributed by atoms with Gasteiger partial charge in [0.15, 0.2) is 4.80 Å². The molecule has 1 aromatic heterocycles. The number of amides is 1. The Morgan fingerprint density at radius 3 is 2.59 bits per heavy atom. The van der Waals surface area contributed by atoms with Crippen LogP contribution in [-0.4, -0.2) is 21.6 Å². The van der Waals surface area contributed by atoms with E-state index >= 15 is 0 Å². The van der Waals surface area contributed by atoms with E-state index in [9.17, 15) is 22.8 Å². The van der Waals surface area contributed by atoms with Gasteiger partial charge in [0.1, 0.15) is 6.54 Å². The second kappa shape index (κ2) is 7.16. The minimum atomic E-state index is -4.59. The Morgan fingerprint density at radius 2 is 1.93 bits per heavy atom. The van der Waals surface area contributed by atoms with E-state index in [0.717, 1.165) is 23.5 Å². The van der Waals surface area contributed by atoms with Crippen LogP contribution in [-0.2, 0) is 17.5 Å². The fourth-order valence-corrected chi connectivity index (χ4v) is 3.57. The van der Waals surface area contributed by atoms with Gasteiger partial charge in [0.05, 0.1) is 15.8 Å². The quantitative estimate of drug-likeness (QED) is 0.698. The van der Waals surface area contributed by atoms with Gasteiger partial charge < -0.3 is 9.67 Å². The van der Waals surface area contributed by atoms with Gasteiger partial charge in [-0.2, -0.15) is 18.2 Å². The Balaban J connectivity index is 2.12. The zero-order valence-corrected chi connectivity index (χ0v) is 14.9. The summed E-state index contributed by atoms with van der Waals surface area (Å²) in [7, 11) is 0. The first-order chi connectivity index (χ1) is 12.6. The van der Waals surface area contributed by atoms with Gasteiger partial charge in [-0.1, -0.05) is 29.0 Å². The smallest absolute Gasteiger partial charge is 0.416 e. The summed E-state index contributed by atoms with van der Waals surface area (Å²) in [4.78, 5) is 27.4. The largest absolute Gasteiger partial charge is 0.480 e. The number of rotatable bonds is 3. The van der Waals surface area contributed by atoms with Gasteiger partial charge in [0, 0.05) is 10.6 Å². The topological polar surface area (TPSA) is 71.7 Å². The molecule has 0 unspecified atom stereocenters. The van der Waals surface area contributed by atoms with Crippen molar-refractivity contribution in [1.29, 1.82) is 0 Å². The number of aromatic nitrogens is 1. The van der Waals surface area contributed by atoms with Crippen LogP contribution in [0.1, 0.15) is 15.9 Å². The van der Waals surface area contributed by atoms with E-state index in [1.165, 1.54) is 16.7 Å². The number of halogens is 4. The monoisotopic (exact) mass is 414 g/mol. The van der Waals surface area contributed by atoms with Crippen LogP contribution in [0.3, 0.4) is 0 Å². The molecule has 0 aliphatic carbocycles. The molecule has 1 amide bonds. The van der Waals surface area contributed by atoms with Gasteiger partial charge in [-0.05, 0) is 36.4 Å². The molecule has 1 heterocycles. The molecule has 27 heavy (non-hydrogen) atoms. The first kappa shape index (κ1) is 19.1. The normalized spacial score (nSPS) is 12.5. The Kier molecular flexibility index (Phi) is 5.07. The highest BCUT2D eigenvalue weighted by atomic mass is 35.5. The summed E-state index contributed by atoms with van der Waals surface area (Å²) in [5.41, 5.74) is -0.752. The molecule has 0 radical (unpaired) electrons. The van der Waals surface area contributed by atoms with Crippen LogP contribution in [0.15, 0.2) is 47.5 Å². The molecular weight excluding hydrogens is 405 g/mol. The van der Waals surface area contributed by atoms with Crippen molar-refractivity contribution in [3.8, 4) is 0 Å². The average molecular weight is 415 g/mol. The lowest BCUT2D eigenvalue weighted by molar-refractivity contribution is -0.138. The van der Waals surface area contributed by atoms with E-state index in [4.69, 9.17) is 16.7 Å². The number of nitrogens with zero attached hydrogens (tertiary/aromatic N) is 2. The molecule has 5 nitrogen and oxygen atoms in total. The van der Waals surface area contributed by atoms with Crippen LogP contribution in [0.25, 0.3) is 10.2 Å². The molecule has 0 saturated carbocycles. The summed E-state index contributed by atoms with van der Waals surface area (Å²) in [6.07, 6.45) is -4.59. The lowest BCUT2D eigenvalue weighted by atomic mass is 10.1. The predicted octanol–water partition coefficient (Wildman–Crippen LogP) is 4.20. The van der Waals surface area contributed by atoms with Crippen LogP contribution in [0.5, 0.6) is 0 Å². The summed E-state index contributed by atoms with van der Waals surface area (Å²) >= 11 is 6.98. The van der Waals surface area contributed by atoms with Crippen molar-refractivity contribution in [2.45, 2.75) is 12.7 Å². The standard InChI is InChI=1S/C17H10ClF3N2O3S/c18-11-4-5-13-12(7-11)23(8-14(24)25)16(27-13)22-15(26)9-2-1-3-10(6-9)17(19,20)21/h1-7H,8H2,(H,24,25)/b22-16-. The first-order valence-electron chi connectivity index (χ1n) is 7.42. The molecule has 3 aromatic rings. The van der Waals surface area contributed by atoms with Crippen molar-refractivity contribution in [2.24, 2.45) is 4.99 Å². The summed E-state index contributed by atoms with van der Waals surface area (Å²) in [5.74, 6) is -2.07. The second-order valence-electron chi connectivity index (χ2n) is 5.47. The third-order valence-electron chi connectivity index (χ3n) is 3.57. The van der Waals surface area contributed by atoms with Gasteiger partial charge in [0.25, 0.3) is 5.91 Å². The third-order valence-corrected chi connectivity index (χ3v) is 4.87. The van der Waals surface area contributed by atoms with Gasteiger partial charge in [-0.25, -0.2) is 0 Å². The number of thiazole rings is 1. The number of hydrogen-bond acceptors (Lipinski definition) is 3. The van der Waals surface area contributed by atoms with E-state index in [1.54, 1.807) is 12.1 Å². The molecule has 0 saturated heterocycles.